The molecule has 33 heavy (non-hydrogen) atoms. The molecule has 2 aromatic rings. The number of carbonyl (C=O) groups is 1. The summed E-state index contributed by atoms with van der Waals surface area (Å²) in [7, 11) is 0.299. The molecule has 4 rings (SSSR count). The molecule has 2 N–H and O–H groups in total. The number of aliphatic hydroxyl groups is 1. The Hall–Kier alpha value is -2.30. The Morgan fingerprint density at radius 1 is 1.30 bits per heavy atom. The molecule has 0 unspecified atom stereocenters. The lowest BCUT2D eigenvalue weighted by atomic mass is 9.68. The predicted octanol–water partition coefficient (Wildman–Crippen LogP) is 1.95. The van der Waals surface area contributed by atoms with Crippen molar-refractivity contribution in [3.05, 3.63) is 29.5 Å². The smallest absolute Gasteiger partial charge is 0.318 e. The highest BCUT2D eigenvalue weighted by molar-refractivity contribution is 7.88. The quantitative estimate of drug-likeness (QED) is 0.684. The van der Waals surface area contributed by atoms with Crippen LogP contribution in [0.2, 0.25) is 0 Å². The maximum atomic E-state index is 13.2. The average molecular weight is 479 g/mol. The molecule has 0 bridgehead atoms. The van der Waals surface area contributed by atoms with Gasteiger partial charge in [-0.15, -0.1) is 0 Å². The average Bonchev–Trinajstić information content (AvgIpc) is 3.10. The summed E-state index contributed by atoms with van der Waals surface area (Å²) < 4.78 is 33.4. The molecule has 1 fully saturated rings. The number of amides is 2. The van der Waals surface area contributed by atoms with Crippen molar-refractivity contribution in [2.24, 2.45) is 7.05 Å². The summed E-state index contributed by atoms with van der Waals surface area (Å²) in [5.41, 5.74) is 2.60. The summed E-state index contributed by atoms with van der Waals surface area (Å²) in [6, 6.07) is 5.26. The molecule has 1 spiro atoms. The summed E-state index contributed by atoms with van der Waals surface area (Å²) in [6.07, 6.45) is 3.27. The van der Waals surface area contributed by atoms with Crippen molar-refractivity contribution in [2.45, 2.75) is 37.6 Å². The van der Waals surface area contributed by atoms with Crippen molar-refractivity contribution >= 4 is 27.0 Å². The van der Waals surface area contributed by atoms with Gasteiger partial charge in [0.15, 0.2) is 0 Å². The fraction of sp³-hybridized carbons (Fsp3) is 0.609. The number of nitrogens with zero attached hydrogens (tertiary/aromatic N) is 3. The van der Waals surface area contributed by atoms with E-state index in [1.54, 1.807) is 12.0 Å². The van der Waals surface area contributed by atoms with E-state index in [4.69, 9.17) is 4.74 Å². The molecule has 2 aliphatic heterocycles. The van der Waals surface area contributed by atoms with Crippen LogP contribution in [0.3, 0.4) is 0 Å². The molecule has 1 aromatic carbocycles. The Labute approximate surface area is 195 Å². The molecule has 1 saturated heterocycles. The van der Waals surface area contributed by atoms with Crippen LogP contribution < -0.4 is 10.1 Å². The SMILES string of the molecule is CCCNC(=O)N1CC2(CCN(S(C)(=O)=O)CC2)c2c(n(C)c3cc(OC)ccc23)[C@H]1CO. The van der Waals surface area contributed by atoms with Crippen molar-refractivity contribution in [3.8, 4) is 5.75 Å². The van der Waals surface area contributed by atoms with Gasteiger partial charge >= 0.3 is 6.03 Å². The van der Waals surface area contributed by atoms with Gasteiger partial charge in [0.2, 0.25) is 10.0 Å². The molecule has 9 nitrogen and oxygen atoms in total. The first-order chi connectivity index (χ1) is 15.7. The fourth-order valence-corrected chi connectivity index (χ4v) is 6.40. The summed E-state index contributed by atoms with van der Waals surface area (Å²) in [6.45, 7) is 3.60. The number of aryl methyl sites for hydroxylation is 1. The van der Waals surface area contributed by atoms with Crippen LogP contribution in [0.15, 0.2) is 18.2 Å². The second-order valence-electron chi connectivity index (χ2n) is 9.20. The van der Waals surface area contributed by atoms with E-state index in [9.17, 15) is 18.3 Å². The van der Waals surface area contributed by atoms with E-state index in [0.717, 1.165) is 34.3 Å². The Balaban J connectivity index is 1.89. The van der Waals surface area contributed by atoms with Gasteiger partial charge in [0.05, 0.1) is 31.5 Å². The molecule has 2 amide bonds. The minimum Gasteiger partial charge on any atom is -0.497 e. The lowest BCUT2D eigenvalue weighted by Crippen LogP contribution is -2.57. The number of urea groups is 1. The Morgan fingerprint density at radius 3 is 2.58 bits per heavy atom. The molecule has 1 aromatic heterocycles. The first-order valence-electron chi connectivity index (χ1n) is 11.4. The number of nitrogens with one attached hydrogen (secondary N) is 1. The number of hydrogen-bond donors (Lipinski definition) is 2. The molecule has 10 heteroatoms. The third-order valence-corrected chi connectivity index (χ3v) is 8.56. The van der Waals surface area contributed by atoms with E-state index in [1.165, 1.54) is 10.6 Å². The van der Waals surface area contributed by atoms with Crippen molar-refractivity contribution in [1.82, 2.24) is 19.1 Å². The van der Waals surface area contributed by atoms with Crippen LogP contribution in [-0.4, -0.2) is 79.5 Å². The van der Waals surface area contributed by atoms with Crippen molar-refractivity contribution < 1.29 is 23.1 Å². The summed E-state index contributed by atoms with van der Waals surface area (Å²) >= 11 is 0. The number of methoxy groups -OCH3 is 1. The first kappa shape index (κ1) is 23.8. The third-order valence-electron chi connectivity index (χ3n) is 7.26. The minimum absolute atomic E-state index is 0.195. The molecular formula is C23H34N4O5S. The number of sulfonamides is 1. The molecule has 0 radical (unpaired) electrons. The fourth-order valence-electron chi connectivity index (χ4n) is 5.56. The van der Waals surface area contributed by atoms with Crippen LogP contribution in [-0.2, 0) is 22.5 Å². The molecule has 2 aliphatic rings. The van der Waals surface area contributed by atoms with Gasteiger partial charge in [-0.1, -0.05) is 6.92 Å². The summed E-state index contributed by atoms with van der Waals surface area (Å²) in [4.78, 5) is 14.9. The number of benzene rings is 1. The van der Waals surface area contributed by atoms with E-state index in [1.807, 2.05) is 32.2 Å². The zero-order valence-corrected chi connectivity index (χ0v) is 20.6. The largest absolute Gasteiger partial charge is 0.497 e. The number of hydrogen-bond acceptors (Lipinski definition) is 5. The highest BCUT2D eigenvalue weighted by Gasteiger charge is 2.50. The van der Waals surface area contributed by atoms with Crippen LogP contribution in [0.1, 0.15) is 43.5 Å². The van der Waals surface area contributed by atoms with Gasteiger partial charge in [-0.05, 0) is 37.0 Å². The van der Waals surface area contributed by atoms with Gasteiger partial charge in [-0.3, -0.25) is 0 Å². The molecule has 0 saturated carbocycles. The van der Waals surface area contributed by atoms with Crippen molar-refractivity contribution in [2.75, 3.05) is 46.2 Å². The maximum Gasteiger partial charge on any atom is 0.318 e. The first-order valence-corrected chi connectivity index (χ1v) is 13.3. The predicted molar refractivity (Wildman–Crippen MR) is 127 cm³/mol. The monoisotopic (exact) mass is 478 g/mol. The zero-order chi connectivity index (χ0) is 24.0. The van der Waals surface area contributed by atoms with Crippen molar-refractivity contribution in [1.29, 1.82) is 0 Å². The number of fused-ring (bicyclic) bond motifs is 4. The van der Waals surface area contributed by atoms with Gasteiger partial charge in [0.25, 0.3) is 0 Å². The molecular weight excluding hydrogens is 444 g/mol. The normalized spacial score (nSPS) is 20.8. The van der Waals surface area contributed by atoms with E-state index < -0.39 is 21.5 Å². The topological polar surface area (TPSA) is 104 Å². The maximum absolute atomic E-state index is 13.2. The Kier molecular flexibility index (Phi) is 6.36. The Morgan fingerprint density at radius 2 is 2.00 bits per heavy atom. The second-order valence-corrected chi connectivity index (χ2v) is 11.2. The zero-order valence-electron chi connectivity index (χ0n) is 19.8. The van der Waals surface area contributed by atoms with Gasteiger partial charge in [-0.2, -0.15) is 0 Å². The summed E-state index contributed by atoms with van der Waals surface area (Å²) in [5.74, 6) is 0.736. The van der Waals surface area contributed by atoms with Crippen molar-refractivity contribution in [3.63, 3.8) is 0 Å². The van der Waals surface area contributed by atoms with Crippen LogP contribution in [0.5, 0.6) is 5.75 Å². The number of rotatable bonds is 5. The molecule has 182 valence electrons. The lowest BCUT2D eigenvalue weighted by molar-refractivity contribution is 0.0785. The number of ether oxygens (including phenoxy) is 1. The van der Waals surface area contributed by atoms with E-state index >= 15 is 0 Å². The number of aliphatic hydroxyl groups excluding tert-OH is 1. The highest BCUT2D eigenvalue weighted by atomic mass is 32.2. The lowest BCUT2D eigenvalue weighted by Gasteiger charge is -2.50. The van der Waals surface area contributed by atoms with Crippen LogP contribution in [0, 0.1) is 0 Å². The van der Waals surface area contributed by atoms with E-state index in [2.05, 4.69) is 9.88 Å². The van der Waals surface area contributed by atoms with Crippen LogP contribution >= 0.6 is 0 Å². The van der Waals surface area contributed by atoms with Gasteiger partial charge in [-0.25, -0.2) is 17.5 Å². The third kappa shape index (κ3) is 3.98. The molecule has 1 atom stereocenters. The van der Waals surface area contributed by atoms with E-state index in [0.29, 0.717) is 39.0 Å². The molecule has 3 heterocycles. The number of aromatic nitrogens is 1. The molecule has 0 aliphatic carbocycles. The Bertz CT molecular complexity index is 1150. The van der Waals surface area contributed by atoms with Crippen LogP contribution in [0.4, 0.5) is 4.79 Å². The van der Waals surface area contributed by atoms with Gasteiger partial charge < -0.3 is 24.6 Å². The second kappa shape index (κ2) is 8.81. The van der Waals surface area contributed by atoms with Gasteiger partial charge in [0, 0.05) is 55.8 Å². The minimum atomic E-state index is -3.28. The number of carbonyl (C=O) groups excluding carboxylic acids is 1. The standard InChI is InChI=1S/C23H34N4O5S/c1-5-10-24-22(29)27-15-23(8-11-26(12-9-23)33(4,30)31)20-17-7-6-16(32-3)13-18(17)25(2)21(20)19(27)14-28/h6-7,13,19,28H,5,8-12,14-15H2,1-4H3,(H,24,29)/t19-/m1/s1. The van der Waals surface area contributed by atoms with E-state index in [-0.39, 0.29) is 12.6 Å². The van der Waals surface area contributed by atoms with Crippen LogP contribution in [0.25, 0.3) is 10.9 Å². The highest BCUT2D eigenvalue weighted by Crippen LogP contribution is 2.50. The number of piperidine rings is 1. The van der Waals surface area contributed by atoms with Gasteiger partial charge in [0.1, 0.15) is 5.75 Å². The summed E-state index contributed by atoms with van der Waals surface area (Å²) in [5, 5.41) is 14.4.